The van der Waals surface area contributed by atoms with Crippen LogP contribution in [0.25, 0.3) is 0 Å². The van der Waals surface area contributed by atoms with E-state index in [2.05, 4.69) is 16.8 Å². The van der Waals surface area contributed by atoms with Crippen molar-refractivity contribution in [3.05, 3.63) is 51.5 Å². The van der Waals surface area contributed by atoms with Crippen molar-refractivity contribution in [1.29, 1.82) is 5.26 Å². The topological polar surface area (TPSA) is 35.8 Å². The third-order valence-corrected chi connectivity index (χ3v) is 4.50. The van der Waals surface area contributed by atoms with E-state index < -0.39 is 5.82 Å². The highest BCUT2D eigenvalue weighted by Crippen LogP contribution is 2.36. The quantitative estimate of drug-likeness (QED) is 0.887. The standard InChI is InChI=1S/C15H13FN2S/c16-12-3-1-4-14(11(12)9-17)18-13-5-2-6-15-10(13)7-8-19-15/h1,3-4,7-8,13,18H,2,5-6H2. The van der Waals surface area contributed by atoms with Crippen LogP contribution in [0.4, 0.5) is 10.1 Å². The number of halogens is 1. The summed E-state index contributed by atoms with van der Waals surface area (Å²) in [6.45, 7) is 0. The van der Waals surface area contributed by atoms with Gasteiger partial charge in [-0.15, -0.1) is 11.3 Å². The molecule has 0 amide bonds. The Hall–Kier alpha value is -1.86. The van der Waals surface area contributed by atoms with Gasteiger partial charge in [0.15, 0.2) is 0 Å². The van der Waals surface area contributed by atoms with Crippen LogP contribution in [-0.4, -0.2) is 0 Å². The molecule has 2 nitrogen and oxygen atoms in total. The number of hydrogen-bond acceptors (Lipinski definition) is 3. The Morgan fingerprint density at radius 3 is 3.11 bits per heavy atom. The van der Waals surface area contributed by atoms with Gasteiger partial charge in [0.1, 0.15) is 17.4 Å². The molecule has 1 aromatic carbocycles. The summed E-state index contributed by atoms with van der Waals surface area (Å²) >= 11 is 1.77. The van der Waals surface area contributed by atoms with E-state index >= 15 is 0 Å². The van der Waals surface area contributed by atoms with Gasteiger partial charge in [-0.2, -0.15) is 5.26 Å². The molecular formula is C15H13FN2S. The van der Waals surface area contributed by atoms with Crippen molar-refractivity contribution in [2.24, 2.45) is 0 Å². The van der Waals surface area contributed by atoms with Crippen LogP contribution in [-0.2, 0) is 6.42 Å². The molecule has 2 aromatic rings. The molecule has 1 aliphatic carbocycles. The van der Waals surface area contributed by atoms with E-state index in [4.69, 9.17) is 5.26 Å². The first kappa shape index (κ1) is 12.2. The molecule has 1 unspecified atom stereocenters. The van der Waals surface area contributed by atoms with Crippen LogP contribution in [0.2, 0.25) is 0 Å². The maximum atomic E-state index is 13.6. The molecule has 1 aliphatic rings. The largest absolute Gasteiger partial charge is 0.377 e. The molecule has 0 bridgehead atoms. The first-order valence-corrected chi connectivity index (χ1v) is 7.19. The number of thiophene rings is 1. The zero-order valence-corrected chi connectivity index (χ0v) is 11.1. The summed E-state index contributed by atoms with van der Waals surface area (Å²) in [4.78, 5) is 1.40. The summed E-state index contributed by atoms with van der Waals surface area (Å²) in [6.07, 6.45) is 3.27. The molecule has 0 spiro atoms. The Morgan fingerprint density at radius 1 is 1.37 bits per heavy atom. The van der Waals surface area contributed by atoms with Gasteiger partial charge in [0.2, 0.25) is 0 Å². The van der Waals surface area contributed by atoms with Crippen LogP contribution >= 0.6 is 11.3 Å². The maximum absolute atomic E-state index is 13.6. The molecule has 0 aliphatic heterocycles. The summed E-state index contributed by atoms with van der Waals surface area (Å²) in [5, 5.41) is 14.5. The Labute approximate surface area is 115 Å². The second kappa shape index (κ2) is 5.02. The van der Waals surface area contributed by atoms with Crippen molar-refractivity contribution in [2.45, 2.75) is 25.3 Å². The molecular weight excluding hydrogens is 259 g/mol. The summed E-state index contributed by atoms with van der Waals surface area (Å²) in [6, 6.07) is 8.97. The number of nitriles is 1. The minimum Gasteiger partial charge on any atom is -0.377 e. The molecule has 1 aromatic heterocycles. The number of rotatable bonds is 2. The lowest BCUT2D eigenvalue weighted by atomic mass is 9.93. The molecule has 19 heavy (non-hydrogen) atoms. The van der Waals surface area contributed by atoms with Gasteiger partial charge in [-0.1, -0.05) is 6.07 Å². The van der Waals surface area contributed by atoms with Gasteiger partial charge in [-0.3, -0.25) is 0 Å². The lowest BCUT2D eigenvalue weighted by Gasteiger charge is -2.25. The summed E-state index contributed by atoms with van der Waals surface area (Å²) in [5.74, 6) is -0.464. The number of benzene rings is 1. The highest BCUT2D eigenvalue weighted by atomic mass is 32.1. The van der Waals surface area contributed by atoms with Gasteiger partial charge in [0.05, 0.1) is 11.7 Å². The second-order valence-electron chi connectivity index (χ2n) is 4.66. The number of nitrogens with zero attached hydrogens (tertiary/aromatic N) is 1. The number of nitrogens with one attached hydrogen (secondary N) is 1. The minimum atomic E-state index is -0.464. The highest BCUT2D eigenvalue weighted by molar-refractivity contribution is 7.10. The number of hydrogen-bond donors (Lipinski definition) is 1. The fourth-order valence-electron chi connectivity index (χ4n) is 2.58. The fourth-order valence-corrected chi connectivity index (χ4v) is 3.57. The van der Waals surface area contributed by atoms with E-state index in [0.717, 1.165) is 19.3 Å². The summed E-state index contributed by atoms with van der Waals surface area (Å²) < 4.78 is 13.6. The SMILES string of the molecule is N#Cc1c(F)cccc1NC1CCCc2sccc21. The first-order valence-electron chi connectivity index (χ1n) is 6.31. The summed E-state index contributed by atoms with van der Waals surface area (Å²) in [7, 11) is 0. The predicted octanol–water partition coefficient (Wildman–Crippen LogP) is 4.25. The van der Waals surface area contributed by atoms with Crippen molar-refractivity contribution in [2.75, 3.05) is 5.32 Å². The van der Waals surface area contributed by atoms with E-state index in [-0.39, 0.29) is 11.6 Å². The fraction of sp³-hybridized carbons (Fsp3) is 0.267. The molecule has 0 radical (unpaired) electrons. The maximum Gasteiger partial charge on any atom is 0.143 e. The Morgan fingerprint density at radius 2 is 2.26 bits per heavy atom. The van der Waals surface area contributed by atoms with Crippen molar-refractivity contribution >= 4 is 17.0 Å². The molecule has 1 atom stereocenters. The van der Waals surface area contributed by atoms with E-state index in [1.54, 1.807) is 23.5 Å². The number of anilines is 1. The lowest BCUT2D eigenvalue weighted by Crippen LogP contribution is -2.16. The third-order valence-electron chi connectivity index (χ3n) is 3.51. The molecule has 1 heterocycles. The molecule has 0 saturated carbocycles. The van der Waals surface area contributed by atoms with Gasteiger partial charge in [0, 0.05) is 4.88 Å². The lowest BCUT2D eigenvalue weighted by molar-refractivity contribution is 0.604. The van der Waals surface area contributed by atoms with Gasteiger partial charge >= 0.3 is 0 Å². The van der Waals surface area contributed by atoms with Crippen molar-refractivity contribution < 1.29 is 4.39 Å². The average Bonchev–Trinajstić information content (AvgIpc) is 2.88. The average molecular weight is 272 g/mol. The summed E-state index contributed by atoms with van der Waals surface area (Å²) in [5.41, 5.74) is 1.99. The monoisotopic (exact) mass is 272 g/mol. The molecule has 3 rings (SSSR count). The van der Waals surface area contributed by atoms with Crippen LogP contribution < -0.4 is 5.32 Å². The minimum absolute atomic E-state index is 0.102. The zero-order valence-electron chi connectivity index (χ0n) is 10.3. The van der Waals surface area contributed by atoms with E-state index in [1.165, 1.54) is 16.5 Å². The van der Waals surface area contributed by atoms with Crippen LogP contribution in [0.3, 0.4) is 0 Å². The predicted molar refractivity (Wildman–Crippen MR) is 74.7 cm³/mol. The third kappa shape index (κ3) is 2.22. The molecule has 0 fully saturated rings. The van der Waals surface area contributed by atoms with Gasteiger partial charge in [-0.05, 0) is 48.4 Å². The van der Waals surface area contributed by atoms with Crippen molar-refractivity contribution in [3.8, 4) is 6.07 Å². The molecule has 0 saturated heterocycles. The first-order chi connectivity index (χ1) is 9.29. The second-order valence-corrected chi connectivity index (χ2v) is 5.66. The Balaban J connectivity index is 1.92. The van der Waals surface area contributed by atoms with Crippen molar-refractivity contribution in [1.82, 2.24) is 0 Å². The van der Waals surface area contributed by atoms with Gasteiger partial charge in [-0.25, -0.2) is 4.39 Å². The molecule has 1 N–H and O–H groups in total. The zero-order chi connectivity index (χ0) is 13.2. The normalized spacial score (nSPS) is 17.6. The van der Waals surface area contributed by atoms with Crippen LogP contribution in [0.5, 0.6) is 0 Å². The van der Waals surface area contributed by atoms with E-state index in [1.807, 2.05) is 6.07 Å². The molecule has 96 valence electrons. The number of aryl methyl sites for hydroxylation is 1. The van der Waals surface area contributed by atoms with Crippen LogP contribution in [0.1, 0.15) is 34.9 Å². The van der Waals surface area contributed by atoms with Gasteiger partial charge < -0.3 is 5.32 Å². The van der Waals surface area contributed by atoms with E-state index in [0.29, 0.717) is 5.69 Å². The van der Waals surface area contributed by atoms with Crippen molar-refractivity contribution in [3.63, 3.8) is 0 Å². The Bertz CT molecular complexity index is 642. The van der Waals surface area contributed by atoms with Gasteiger partial charge in [0.25, 0.3) is 0 Å². The number of fused-ring (bicyclic) bond motifs is 1. The van der Waals surface area contributed by atoms with E-state index in [9.17, 15) is 4.39 Å². The van der Waals surface area contributed by atoms with Crippen LogP contribution in [0.15, 0.2) is 29.6 Å². The Kier molecular flexibility index (Phi) is 3.22. The highest BCUT2D eigenvalue weighted by Gasteiger charge is 2.22. The van der Waals surface area contributed by atoms with Crippen LogP contribution in [0, 0.1) is 17.1 Å². The smallest absolute Gasteiger partial charge is 0.143 e. The molecule has 4 heteroatoms.